The highest BCUT2D eigenvalue weighted by molar-refractivity contribution is 5.85. The van der Waals surface area contributed by atoms with Gasteiger partial charge in [-0.1, -0.05) is 18.6 Å². The Morgan fingerprint density at radius 1 is 1.20 bits per heavy atom. The fourth-order valence-corrected chi connectivity index (χ4v) is 4.27. The van der Waals surface area contributed by atoms with E-state index in [4.69, 9.17) is 0 Å². The Morgan fingerprint density at radius 2 is 2.05 bits per heavy atom. The van der Waals surface area contributed by atoms with Gasteiger partial charge in [0.2, 0.25) is 5.91 Å². The lowest BCUT2D eigenvalue weighted by Crippen LogP contribution is -2.35. The summed E-state index contributed by atoms with van der Waals surface area (Å²) < 4.78 is 0. The second kappa shape index (κ2) is 4.64. The first-order valence-corrected chi connectivity index (χ1v) is 8.22. The molecule has 0 aromatic carbocycles. The molecular weight excluding hydrogens is 248 g/mol. The summed E-state index contributed by atoms with van der Waals surface area (Å²) in [6.07, 6.45) is 13.5. The van der Waals surface area contributed by atoms with Crippen LogP contribution in [0.15, 0.2) is 23.4 Å². The monoisotopic (exact) mass is 272 g/mol. The normalized spacial score (nSPS) is 34.0. The van der Waals surface area contributed by atoms with E-state index in [1.54, 1.807) is 5.57 Å². The molecule has 3 nitrogen and oxygen atoms in total. The molecule has 1 amide bonds. The van der Waals surface area contributed by atoms with Gasteiger partial charge in [0.05, 0.1) is 5.41 Å². The van der Waals surface area contributed by atoms with Gasteiger partial charge in [-0.25, -0.2) is 0 Å². The fourth-order valence-electron chi connectivity index (χ4n) is 4.27. The van der Waals surface area contributed by atoms with E-state index in [9.17, 15) is 4.79 Å². The summed E-state index contributed by atoms with van der Waals surface area (Å²) in [6.45, 7) is 2.87. The first-order valence-electron chi connectivity index (χ1n) is 8.22. The number of carbonyl (C=O) groups is 1. The zero-order valence-corrected chi connectivity index (χ0v) is 12.2. The van der Waals surface area contributed by atoms with Gasteiger partial charge in [-0.2, -0.15) is 0 Å². The lowest BCUT2D eigenvalue weighted by Gasteiger charge is -2.36. The Labute approximate surface area is 121 Å². The highest BCUT2D eigenvalue weighted by atomic mass is 16.2. The Kier molecular flexibility index (Phi) is 2.90. The van der Waals surface area contributed by atoms with Gasteiger partial charge < -0.3 is 10.2 Å². The Hall–Kier alpha value is -1.25. The van der Waals surface area contributed by atoms with Crippen LogP contribution < -0.4 is 5.32 Å². The number of amides is 1. The molecule has 1 saturated carbocycles. The molecule has 3 heteroatoms. The summed E-state index contributed by atoms with van der Waals surface area (Å²) in [4.78, 5) is 14.6. The van der Waals surface area contributed by atoms with E-state index in [-0.39, 0.29) is 5.41 Å². The van der Waals surface area contributed by atoms with E-state index in [0.29, 0.717) is 5.91 Å². The third-order valence-corrected chi connectivity index (χ3v) is 5.77. The van der Waals surface area contributed by atoms with Crippen molar-refractivity contribution in [3.63, 3.8) is 0 Å². The minimum atomic E-state index is -0.0803. The molecule has 2 aliphatic carbocycles. The molecule has 2 saturated heterocycles. The molecule has 4 rings (SSSR count). The Bertz CT molecular complexity index is 489. The summed E-state index contributed by atoms with van der Waals surface area (Å²) in [5.74, 6) is 1.10. The van der Waals surface area contributed by atoms with Crippen molar-refractivity contribution in [2.45, 2.75) is 44.9 Å². The second-order valence-corrected chi connectivity index (χ2v) is 6.91. The quantitative estimate of drug-likeness (QED) is 0.838. The summed E-state index contributed by atoms with van der Waals surface area (Å²) >= 11 is 0. The van der Waals surface area contributed by atoms with Crippen LogP contribution in [0.3, 0.4) is 0 Å². The Balaban J connectivity index is 1.54. The summed E-state index contributed by atoms with van der Waals surface area (Å²) in [6, 6.07) is 0. The predicted molar refractivity (Wildman–Crippen MR) is 79.0 cm³/mol. The number of rotatable bonds is 2. The van der Waals surface area contributed by atoms with Gasteiger partial charge in [0.15, 0.2) is 0 Å². The smallest absolute Gasteiger partial charge is 0.228 e. The first-order chi connectivity index (χ1) is 9.78. The van der Waals surface area contributed by atoms with Crippen molar-refractivity contribution in [1.29, 1.82) is 0 Å². The molecule has 0 aromatic heterocycles. The van der Waals surface area contributed by atoms with Gasteiger partial charge in [0, 0.05) is 25.3 Å². The summed E-state index contributed by atoms with van der Waals surface area (Å²) in [7, 11) is 0. The van der Waals surface area contributed by atoms with E-state index < -0.39 is 0 Å². The van der Waals surface area contributed by atoms with E-state index >= 15 is 0 Å². The highest BCUT2D eigenvalue weighted by Crippen LogP contribution is 2.44. The summed E-state index contributed by atoms with van der Waals surface area (Å²) in [5, 5.41) is 3.03. The lowest BCUT2D eigenvalue weighted by molar-refractivity contribution is -0.126. The molecular formula is C17H24N2O. The van der Waals surface area contributed by atoms with Crippen LogP contribution in [-0.2, 0) is 4.79 Å². The minimum Gasteiger partial charge on any atom is -0.370 e. The molecule has 0 aromatic rings. The molecule has 4 aliphatic rings. The van der Waals surface area contributed by atoms with Gasteiger partial charge in [-0.15, -0.1) is 0 Å². The van der Waals surface area contributed by atoms with Crippen LogP contribution in [0.5, 0.6) is 0 Å². The lowest BCUT2D eigenvalue weighted by atomic mass is 9.76. The maximum Gasteiger partial charge on any atom is 0.228 e. The van der Waals surface area contributed by atoms with Crippen molar-refractivity contribution in [2.24, 2.45) is 11.3 Å². The first kappa shape index (κ1) is 12.5. The van der Waals surface area contributed by atoms with Crippen LogP contribution in [0.1, 0.15) is 44.9 Å². The van der Waals surface area contributed by atoms with Gasteiger partial charge in [0.25, 0.3) is 0 Å². The van der Waals surface area contributed by atoms with Gasteiger partial charge in [-0.3, -0.25) is 4.79 Å². The van der Waals surface area contributed by atoms with Crippen LogP contribution in [0, 0.1) is 11.3 Å². The van der Waals surface area contributed by atoms with E-state index in [1.807, 2.05) is 0 Å². The van der Waals surface area contributed by atoms with E-state index in [0.717, 1.165) is 38.4 Å². The molecule has 1 N–H and O–H groups in total. The zero-order chi connectivity index (χ0) is 13.6. The third-order valence-electron chi connectivity index (χ3n) is 5.77. The standard InChI is InChI=1S/C17H24N2O/c20-16-17(8-10-18-16)9-11-19(12-17)15-7-2-1-6-14(15)13-4-3-5-13/h6-7,13H,1-5,8-12H2,(H,18,20). The van der Waals surface area contributed by atoms with Crippen molar-refractivity contribution in [2.75, 3.05) is 19.6 Å². The average Bonchev–Trinajstić information content (AvgIpc) is 2.97. The molecule has 2 heterocycles. The fraction of sp³-hybridized carbons (Fsp3) is 0.706. The van der Waals surface area contributed by atoms with Crippen molar-refractivity contribution < 1.29 is 4.79 Å². The van der Waals surface area contributed by atoms with Crippen LogP contribution in [0.4, 0.5) is 0 Å². The van der Waals surface area contributed by atoms with E-state index in [2.05, 4.69) is 22.4 Å². The third kappa shape index (κ3) is 1.82. The van der Waals surface area contributed by atoms with Crippen molar-refractivity contribution in [1.82, 2.24) is 10.2 Å². The van der Waals surface area contributed by atoms with Crippen LogP contribution in [0.25, 0.3) is 0 Å². The maximum atomic E-state index is 12.1. The number of allylic oxidation sites excluding steroid dienone is 3. The molecule has 3 fully saturated rings. The predicted octanol–water partition coefficient (Wildman–Crippen LogP) is 2.60. The molecule has 108 valence electrons. The van der Waals surface area contributed by atoms with Gasteiger partial charge in [-0.05, 0) is 50.0 Å². The molecule has 0 bridgehead atoms. The number of hydrogen-bond acceptors (Lipinski definition) is 2. The highest BCUT2D eigenvalue weighted by Gasteiger charge is 2.48. The molecule has 1 spiro atoms. The van der Waals surface area contributed by atoms with Gasteiger partial charge in [0.1, 0.15) is 0 Å². The largest absolute Gasteiger partial charge is 0.370 e. The van der Waals surface area contributed by atoms with Crippen molar-refractivity contribution in [3.8, 4) is 0 Å². The summed E-state index contributed by atoms with van der Waals surface area (Å²) in [5.41, 5.74) is 2.98. The van der Waals surface area contributed by atoms with Crippen LogP contribution in [0.2, 0.25) is 0 Å². The van der Waals surface area contributed by atoms with E-state index in [1.165, 1.54) is 37.8 Å². The zero-order valence-electron chi connectivity index (χ0n) is 12.2. The molecule has 0 radical (unpaired) electrons. The van der Waals surface area contributed by atoms with Gasteiger partial charge >= 0.3 is 0 Å². The second-order valence-electron chi connectivity index (χ2n) is 6.91. The maximum absolute atomic E-state index is 12.1. The number of nitrogens with zero attached hydrogens (tertiary/aromatic N) is 1. The number of nitrogens with one attached hydrogen (secondary N) is 1. The number of carbonyl (C=O) groups excluding carboxylic acids is 1. The number of hydrogen-bond donors (Lipinski definition) is 1. The molecule has 2 aliphatic heterocycles. The average molecular weight is 272 g/mol. The van der Waals surface area contributed by atoms with Crippen LogP contribution >= 0.6 is 0 Å². The molecule has 1 atom stereocenters. The number of likely N-dealkylation sites (tertiary alicyclic amines) is 1. The Morgan fingerprint density at radius 3 is 2.75 bits per heavy atom. The minimum absolute atomic E-state index is 0.0803. The van der Waals surface area contributed by atoms with Crippen molar-refractivity contribution >= 4 is 5.91 Å². The molecule has 1 unspecified atom stereocenters. The van der Waals surface area contributed by atoms with Crippen LogP contribution in [-0.4, -0.2) is 30.4 Å². The van der Waals surface area contributed by atoms with Crippen molar-refractivity contribution in [3.05, 3.63) is 23.4 Å². The molecule has 20 heavy (non-hydrogen) atoms. The topological polar surface area (TPSA) is 32.3 Å². The SMILES string of the molecule is O=C1NCCC12CCN(C1=CCCC=C1C1CCC1)C2.